The Morgan fingerprint density at radius 3 is 2.04 bits per heavy atom. The van der Waals surface area contributed by atoms with E-state index >= 15 is 14.4 Å². The highest BCUT2D eigenvalue weighted by molar-refractivity contribution is 8.76. The number of aliphatic imine (C=N–C) groups is 1. The molecule has 29 nitrogen and oxygen atoms in total. The Bertz CT molecular complexity index is 3770. The van der Waals surface area contributed by atoms with E-state index in [0.29, 0.717) is 18.4 Å². The maximum absolute atomic E-state index is 16.1. The Labute approximate surface area is 632 Å². The maximum atomic E-state index is 16.1. The fourth-order valence-corrected chi connectivity index (χ4v) is 17.2. The number of ether oxygens (including phenoxy) is 7. The molecule has 1 unspecified atom stereocenters. The molecule has 0 spiro atoms. The molecule has 2 aliphatic heterocycles. The highest BCUT2D eigenvalue weighted by atomic mass is 33.1. The summed E-state index contributed by atoms with van der Waals surface area (Å²) in [4.78, 5) is 165. The van der Waals surface area contributed by atoms with Crippen LogP contribution in [0.5, 0.6) is 0 Å². The molecule has 15 atom stereocenters. The van der Waals surface area contributed by atoms with Gasteiger partial charge in [0.1, 0.15) is 65.8 Å². The van der Waals surface area contributed by atoms with Crippen LogP contribution in [0, 0.1) is 22.7 Å². The van der Waals surface area contributed by atoms with Gasteiger partial charge in [0.2, 0.25) is 35.6 Å². The number of fused-ring (bicyclic) bond motifs is 5. The fourth-order valence-electron chi connectivity index (χ4n) is 15.0. The van der Waals surface area contributed by atoms with Crippen molar-refractivity contribution in [2.24, 2.45) is 39.1 Å². The maximum Gasteiger partial charge on any atom is 0.410 e. The summed E-state index contributed by atoms with van der Waals surface area (Å²) in [5, 5.41) is 30.5. The second-order valence-electron chi connectivity index (χ2n) is 29.5. The summed E-state index contributed by atoms with van der Waals surface area (Å²) in [5.74, 6) is -9.09. The van der Waals surface area contributed by atoms with Gasteiger partial charge in [0.25, 0.3) is 0 Å². The minimum absolute atomic E-state index is 0.000641. The molecule has 584 valence electrons. The van der Waals surface area contributed by atoms with Crippen LogP contribution in [0.4, 0.5) is 9.59 Å². The number of esters is 3. The molecule has 2 saturated carbocycles. The number of benzene rings is 3. The van der Waals surface area contributed by atoms with E-state index in [4.69, 9.17) is 44.6 Å². The number of Topliss-reactive ketones (excluding diaryl/α,β-unsaturated/α-hetero) is 1. The first-order valence-electron chi connectivity index (χ1n) is 36.2. The normalized spacial score (nSPS) is 27.9. The molecule has 11 N–H and O–H groups in total. The molecule has 7 amide bonds. The van der Waals surface area contributed by atoms with Crippen LogP contribution in [-0.2, 0) is 77.9 Å². The summed E-state index contributed by atoms with van der Waals surface area (Å²) in [6.07, 6.45) is -8.63. The zero-order valence-electron chi connectivity index (χ0n) is 62.9. The molecule has 2 saturated heterocycles. The van der Waals surface area contributed by atoms with Crippen molar-refractivity contribution in [2.45, 2.75) is 205 Å². The Morgan fingerprint density at radius 1 is 0.804 bits per heavy atom. The first-order valence-corrected chi connectivity index (χ1v) is 38.7. The summed E-state index contributed by atoms with van der Waals surface area (Å²) in [6, 6.07) is 18.5. The van der Waals surface area contributed by atoms with Gasteiger partial charge in [-0.2, -0.15) is 0 Å². The van der Waals surface area contributed by atoms with Crippen LogP contribution in [0.25, 0.3) is 0 Å². The number of aliphatic hydroxyl groups is 1. The number of nitrogens with zero attached hydrogens (tertiary/aromatic N) is 2. The van der Waals surface area contributed by atoms with Crippen molar-refractivity contribution in [1.82, 2.24) is 36.8 Å². The van der Waals surface area contributed by atoms with Crippen molar-refractivity contribution >= 4 is 93.0 Å². The van der Waals surface area contributed by atoms with Gasteiger partial charge in [0, 0.05) is 68.8 Å². The monoisotopic (exact) mass is 1520 g/mol. The van der Waals surface area contributed by atoms with E-state index in [2.05, 4.69) is 36.9 Å². The number of hydrogen-bond acceptors (Lipinski definition) is 22. The van der Waals surface area contributed by atoms with E-state index in [1.54, 1.807) is 134 Å². The predicted molar refractivity (Wildman–Crippen MR) is 398 cm³/mol. The number of unbranched alkanes of at least 4 members (excludes halogenated alkanes) is 1. The number of nitrogens with one attached hydrogen (secondary N) is 6. The SMILES string of the molecule is CCCCN(CCSSC[C@@H]1NC(=O)[C@@H](Cc2ccccc2)NC(=O)[C@H](CC)NC(=O)CNC(=O)[C@H](CCCN=C(N)N)NC1=O)C(=O)O[C@@H](C(=O)OC1C[C@@]2(O)[C@@H](OC(=O)c3ccccc3)[C@@H]3[C@]4(OC(C)=O)CO[C@@H]4C[C@H](C)[C@@]3(C)C(=O)[C@H](OC)C(=C1C)C2(C)C)[C@@H](NC(=O)OC(C)(C)C)c1ccccc1. The third-order valence-electron chi connectivity index (χ3n) is 20.9. The number of amides is 7. The molecule has 3 aliphatic carbocycles. The van der Waals surface area contributed by atoms with Crippen molar-refractivity contribution in [3.63, 3.8) is 0 Å². The van der Waals surface area contributed by atoms with Gasteiger partial charge < -0.3 is 86.5 Å². The number of guanidine groups is 1. The van der Waals surface area contributed by atoms with Crippen LogP contribution < -0.4 is 43.4 Å². The van der Waals surface area contributed by atoms with Gasteiger partial charge in [-0.15, -0.1) is 0 Å². The summed E-state index contributed by atoms with van der Waals surface area (Å²) < 4.78 is 44.3. The van der Waals surface area contributed by atoms with Crippen LogP contribution in [0.1, 0.15) is 149 Å². The van der Waals surface area contributed by atoms with Crippen LogP contribution in [0.3, 0.4) is 0 Å². The smallest absolute Gasteiger partial charge is 0.410 e. The molecule has 31 heteroatoms. The second kappa shape index (κ2) is 36.4. The molecular weight excluding hydrogens is 1420 g/mol. The van der Waals surface area contributed by atoms with Gasteiger partial charge in [-0.1, -0.05) is 148 Å². The molecule has 2 heterocycles. The number of nitrogens with two attached hydrogens (primary N) is 2. The van der Waals surface area contributed by atoms with Crippen LogP contribution >= 0.6 is 21.6 Å². The number of carbonyl (C=O) groups is 11. The average Bonchev–Trinajstić information content (AvgIpc) is 0.671. The Morgan fingerprint density at radius 2 is 1.43 bits per heavy atom. The van der Waals surface area contributed by atoms with E-state index in [1.807, 2.05) is 13.8 Å². The van der Waals surface area contributed by atoms with Crippen LogP contribution in [0.2, 0.25) is 0 Å². The molecule has 4 fully saturated rings. The van der Waals surface area contributed by atoms with Gasteiger partial charge in [-0.25, -0.2) is 19.2 Å². The van der Waals surface area contributed by atoms with Gasteiger partial charge >= 0.3 is 30.1 Å². The Kier molecular flexibility index (Phi) is 28.5. The summed E-state index contributed by atoms with van der Waals surface area (Å²) in [7, 11) is 3.67. The van der Waals surface area contributed by atoms with Crippen molar-refractivity contribution < 1.29 is 91.0 Å². The van der Waals surface area contributed by atoms with E-state index in [9.17, 15) is 43.5 Å². The Balaban J connectivity index is 1.13. The summed E-state index contributed by atoms with van der Waals surface area (Å²) >= 11 is 0. The number of carbonyl (C=O) groups excluding carboxylic acids is 11. The van der Waals surface area contributed by atoms with Crippen molar-refractivity contribution in [1.29, 1.82) is 0 Å². The van der Waals surface area contributed by atoms with Crippen LogP contribution in [-0.4, -0.2) is 204 Å². The molecule has 0 radical (unpaired) electrons. The van der Waals surface area contributed by atoms with E-state index in [-0.39, 0.29) is 98.1 Å². The van der Waals surface area contributed by atoms with Gasteiger partial charge in [0.15, 0.2) is 17.3 Å². The number of methoxy groups -OCH3 is 1. The van der Waals surface area contributed by atoms with E-state index in [0.717, 1.165) is 10.8 Å². The minimum atomic E-state index is -2.35. The zero-order valence-corrected chi connectivity index (χ0v) is 64.5. The standard InChI is InChI=1S/C76H104N10O19S2/c1-13-15-34-86(35-36-106-107-41-52-66(93)82-50(32-25-33-79-69(77)78)63(90)80-40-55(88)81-49(14-2)64(91)83-51(65(92)84-52)38-46-26-19-16-20-27-46)71(97)102-59(57(47-28-21-17-22-29-47)85-70(96)105-72(6,7)8)68(95)101-53-39-76(98)62(103-67(94)48-30-23-18-24-31-48)60-74(11,43(3)37-54-75(60,42-100-54)104-45(5)87)61(89)58(99-12)56(44(53)4)73(76,9)10/h16-24,26-31,43,49-54,57-60,62,98H,13-15,25,32-42H2,1-12H3,(H,80,90)(H,81,88)(H,82,93)(H,83,91)(H,84,92)(H,85,96)(H4,77,78,79)/t43-,49-,50-,51+,52-,53?,54+,57-,58+,59+,60-,62-,74+,75-,76+/m0/s1. The summed E-state index contributed by atoms with van der Waals surface area (Å²) in [6.45, 7) is 17.5. The number of alkyl carbamates (subject to hydrolysis) is 1. The Hall–Kier alpha value is -8.78. The van der Waals surface area contributed by atoms with Crippen molar-refractivity contribution in [3.8, 4) is 0 Å². The highest BCUT2D eigenvalue weighted by Crippen LogP contribution is 2.66. The number of hydrogen-bond donors (Lipinski definition) is 9. The van der Waals surface area contributed by atoms with E-state index < -0.39 is 179 Å². The molecular formula is C76H104N10O19S2. The minimum Gasteiger partial charge on any atom is -0.455 e. The average molecular weight is 1530 g/mol. The largest absolute Gasteiger partial charge is 0.455 e. The molecule has 2 bridgehead atoms. The number of rotatable bonds is 26. The third-order valence-corrected chi connectivity index (χ3v) is 23.3. The molecule has 107 heavy (non-hydrogen) atoms. The van der Waals surface area contributed by atoms with Crippen molar-refractivity contribution in [3.05, 3.63) is 119 Å². The predicted octanol–water partition coefficient (Wildman–Crippen LogP) is 5.59. The lowest BCUT2D eigenvalue weighted by molar-refractivity contribution is -0.340. The molecule has 0 aromatic heterocycles. The lowest BCUT2D eigenvalue weighted by Gasteiger charge is -2.68. The summed E-state index contributed by atoms with van der Waals surface area (Å²) in [5.41, 5.74) is 4.36. The molecule has 5 aliphatic rings. The van der Waals surface area contributed by atoms with Crippen molar-refractivity contribution in [2.75, 3.05) is 51.4 Å². The number of ketones is 1. The lowest BCUT2D eigenvalue weighted by Crippen LogP contribution is -2.80. The fraction of sp³-hybridized carbons (Fsp3) is 0.579. The molecule has 3 aromatic rings. The van der Waals surface area contributed by atoms with Gasteiger partial charge in [-0.3, -0.25) is 38.6 Å². The molecule has 8 rings (SSSR count). The van der Waals surface area contributed by atoms with E-state index in [1.165, 1.54) is 41.9 Å². The lowest BCUT2D eigenvalue weighted by atomic mass is 9.43. The quantitative estimate of drug-likeness (QED) is 0.00899. The third kappa shape index (κ3) is 19.8. The van der Waals surface area contributed by atoms with Gasteiger partial charge in [-0.05, 0) is 100 Å². The highest BCUT2D eigenvalue weighted by Gasteiger charge is 2.77. The topological polar surface area (TPSA) is 412 Å². The first kappa shape index (κ1) is 83.9. The zero-order chi connectivity index (χ0) is 78.3. The van der Waals surface area contributed by atoms with Gasteiger partial charge in [0.05, 0.1) is 24.6 Å². The van der Waals surface area contributed by atoms with Crippen LogP contribution in [0.15, 0.2) is 107 Å². The first-order chi connectivity index (χ1) is 50.6. The molecule has 3 aromatic carbocycles. The second-order valence-corrected chi connectivity index (χ2v) is 32.2.